The molecule has 0 spiro atoms. The van der Waals surface area contributed by atoms with Crippen LogP contribution in [0.4, 0.5) is 4.79 Å². The number of phenolic OH excluding ortho intramolecular Hbond substituents is 1. The molecule has 3 N–H and O–H groups in total. The molecule has 2 aromatic rings. The number of aromatic hydroxyl groups is 1. The van der Waals surface area contributed by atoms with Crippen molar-refractivity contribution in [1.82, 2.24) is 15.5 Å². The summed E-state index contributed by atoms with van der Waals surface area (Å²) in [5.74, 6) is -0.498. The number of benzene rings is 2. The normalized spacial score (nSPS) is 12.7. The summed E-state index contributed by atoms with van der Waals surface area (Å²) in [6, 6.07) is 12.3. The summed E-state index contributed by atoms with van der Waals surface area (Å²) >= 11 is 0. The van der Waals surface area contributed by atoms with E-state index < -0.39 is 23.8 Å². The fourth-order valence-corrected chi connectivity index (χ4v) is 4.52. The zero-order valence-corrected chi connectivity index (χ0v) is 25.7. The quantitative estimate of drug-likeness (QED) is 0.222. The van der Waals surface area contributed by atoms with Gasteiger partial charge in [0.2, 0.25) is 11.8 Å². The Hall–Kier alpha value is -3.55. The average molecular weight is 568 g/mol. The van der Waals surface area contributed by atoms with Crippen molar-refractivity contribution >= 4 is 17.9 Å². The molecular formula is C33H49N3O5. The van der Waals surface area contributed by atoms with Crippen LogP contribution in [-0.4, -0.2) is 52.6 Å². The van der Waals surface area contributed by atoms with Crippen molar-refractivity contribution in [3.63, 3.8) is 0 Å². The van der Waals surface area contributed by atoms with Gasteiger partial charge < -0.3 is 25.4 Å². The second kappa shape index (κ2) is 16.7. The Balaban J connectivity index is 2.51. The highest BCUT2D eigenvalue weighted by molar-refractivity contribution is 5.92. The number of carbonyl (C=O) groups is 3. The zero-order valence-electron chi connectivity index (χ0n) is 25.7. The minimum Gasteiger partial charge on any atom is -0.508 e. The van der Waals surface area contributed by atoms with Gasteiger partial charge in [-0.3, -0.25) is 9.59 Å². The van der Waals surface area contributed by atoms with E-state index in [2.05, 4.69) is 24.5 Å². The van der Waals surface area contributed by atoms with Gasteiger partial charge >= 0.3 is 6.09 Å². The van der Waals surface area contributed by atoms with Crippen LogP contribution in [0, 0.1) is 6.92 Å². The maximum atomic E-state index is 14.4. The van der Waals surface area contributed by atoms with Gasteiger partial charge in [0.1, 0.15) is 23.4 Å². The van der Waals surface area contributed by atoms with Crippen molar-refractivity contribution in [3.05, 3.63) is 65.2 Å². The molecule has 2 aromatic carbocycles. The summed E-state index contributed by atoms with van der Waals surface area (Å²) in [5.41, 5.74) is 1.77. The van der Waals surface area contributed by atoms with Crippen molar-refractivity contribution in [1.29, 1.82) is 0 Å². The maximum Gasteiger partial charge on any atom is 0.408 e. The van der Waals surface area contributed by atoms with E-state index in [1.807, 2.05) is 31.2 Å². The monoisotopic (exact) mass is 567 g/mol. The molecule has 0 aromatic heterocycles. The first-order valence-electron chi connectivity index (χ1n) is 14.9. The number of rotatable bonds is 15. The van der Waals surface area contributed by atoms with Gasteiger partial charge in [-0.05, 0) is 63.8 Å². The Labute approximate surface area is 245 Å². The highest BCUT2D eigenvalue weighted by atomic mass is 16.6. The molecule has 0 aliphatic heterocycles. The summed E-state index contributed by atoms with van der Waals surface area (Å²) in [6.45, 7) is 12.3. The minimum atomic E-state index is -0.989. The van der Waals surface area contributed by atoms with E-state index in [4.69, 9.17) is 4.74 Å². The number of amides is 3. The van der Waals surface area contributed by atoms with E-state index in [1.54, 1.807) is 49.9 Å². The van der Waals surface area contributed by atoms with Gasteiger partial charge in [0.25, 0.3) is 0 Å². The second-order valence-electron chi connectivity index (χ2n) is 11.6. The molecule has 0 aliphatic rings. The van der Waals surface area contributed by atoms with Crippen LogP contribution in [0.15, 0.2) is 48.5 Å². The lowest BCUT2D eigenvalue weighted by atomic mass is 9.99. The standard InChI is InChI=1S/C33H49N3O5/c1-7-9-11-21-34-30(38)29(26-17-13-24(3)14-18-26)36(22-12-10-8-2)31(39)28(35-32(40)41-33(4,5)6)23-25-15-19-27(37)20-16-25/h13-20,28-29,37H,7-12,21-23H2,1-6H3,(H,34,38)(H,35,40). The molecule has 0 saturated heterocycles. The van der Waals surface area contributed by atoms with Gasteiger partial charge in [0.05, 0.1) is 0 Å². The van der Waals surface area contributed by atoms with E-state index in [9.17, 15) is 19.5 Å². The van der Waals surface area contributed by atoms with Gasteiger partial charge in [0, 0.05) is 19.5 Å². The number of hydrogen-bond donors (Lipinski definition) is 3. The van der Waals surface area contributed by atoms with E-state index in [0.29, 0.717) is 25.1 Å². The van der Waals surface area contributed by atoms with Gasteiger partial charge in [-0.2, -0.15) is 0 Å². The summed E-state index contributed by atoms with van der Waals surface area (Å²) in [5, 5.41) is 15.6. The molecule has 2 rings (SSSR count). The molecule has 2 atom stereocenters. The first kappa shape index (κ1) is 33.7. The van der Waals surface area contributed by atoms with Gasteiger partial charge in [-0.1, -0.05) is 81.5 Å². The Bertz CT molecular complexity index is 1090. The Kier molecular flexibility index (Phi) is 13.7. The molecule has 41 heavy (non-hydrogen) atoms. The summed E-state index contributed by atoms with van der Waals surface area (Å²) in [4.78, 5) is 42.7. The van der Waals surface area contributed by atoms with Crippen LogP contribution in [0.3, 0.4) is 0 Å². The number of alkyl carbamates (subject to hydrolysis) is 1. The van der Waals surface area contributed by atoms with Crippen LogP contribution < -0.4 is 10.6 Å². The first-order chi connectivity index (χ1) is 19.4. The Morgan fingerprint density at radius 1 is 0.902 bits per heavy atom. The van der Waals surface area contributed by atoms with Crippen LogP contribution in [0.1, 0.15) is 95.9 Å². The molecule has 0 heterocycles. The number of phenols is 1. The molecule has 0 bridgehead atoms. The molecule has 8 nitrogen and oxygen atoms in total. The molecule has 3 amide bonds. The molecule has 0 saturated carbocycles. The number of nitrogens with zero attached hydrogens (tertiary/aromatic N) is 1. The summed E-state index contributed by atoms with van der Waals surface area (Å²) in [7, 11) is 0. The minimum absolute atomic E-state index is 0.108. The predicted molar refractivity (Wildman–Crippen MR) is 163 cm³/mol. The molecule has 0 aliphatic carbocycles. The number of unbranched alkanes of at least 4 members (excludes halogenated alkanes) is 4. The third-order valence-corrected chi connectivity index (χ3v) is 6.68. The van der Waals surface area contributed by atoms with Crippen molar-refractivity contribution in [2.75, 3.05) is 13.1 Å². The lowest BCUT2D eigenvalue weighted by Crippen LogP contribution is -2.54. The first-order valence-corrected chi connectivity index (χ1v) is 14.9. The van der Waals surface area contributed by atoms with Crippen LogP contribution in [0.5, 0.6) is 5.75 Å². The lowest BCUT2D eigenvalue weighted by molar-refractivity contribution is -0.142. The van der Waals surface area contributed by atoms with E-state index in [-0.39, 0.29) is 24.0 Å². The number of hydrogen-bond acceptors (Lipinski definition) is 5. The van der Waals surface area contributed by atoms with E-state index in [1.165, 1.54) is 0 Å². The highest BCUT2D eigenvalue weighted by Crippen LogP contribution is 2.25. The molecule has 226 valence electrons. The second-order valence-corrected chi connectivity index (χ2v) is 11.6. The predicted octanol–water partition coefficient (Wildman–Crippen LogP) is 6.20. The van der Waals surface area contributed by atoms with Crippen molar-refractivity contribution in [3.8, 4) is 5.75 Å². The van der Waals surface area contributed by atoms with Crippen LogP contribution in [0.25, 0.3) is 0 Å². The molecule has 2 unspecified atom stereocenters. The Morgan fingerprint density at radius 3 is 2.10 bits per heavy atom. The van der Waals surface area contributed by atoms with Gasteiger partial charge in [-0.25, -0.2) is 4.79 Å². The maximum absolute atomic E-state index is 14.4. The van der Waals surface area contributed by atoms with E-state index in [0.717, 1.165) is 43.2 Å². The molecule has 8 heteroatoms. The van der Waals surface area contributed by atoms with Crippen molar-refractivity contribution < 1.29 is 24.2 Å². The summed E-state index contributed by atoms with van der Waals surface area (Å²) < 4.78 is 5.50. The van der Waals surface area contributed by atoms with E-state index >= 15 is 0 Å². The fraction of sp³-hybridized carbons (Fsp3) is 0.545. The zero-order chi connectivity index (χ0) is 30.4. The number of nitrogens with one attached hydrogen (secondary N) is 2. The average Bonchev–Trinajstić information content (AvgIpc) is 2.91. The number of aryl methyl sites for hydroxylation is 1. The van der Waals surface area contributed by atoms with Crippen molar-refractivity contribution in [2.45, 2.75) is 104 Å². The third kappa shape index (κ3) is 11.8. The number of ether oxygens (including phenoxy) is 1. The fourth-order valence-electron chi connectivity index (χ4n) is 4.52. The van der Waals surface area contributed by atoms with Gasteiger partial charge in [-0.15, -0.1) is 0 Å². The van der Waals surface area contributed by atoms with Crippen molar-refractivity contribution in [2.24, 2.45) is 0 Å². The molecule has 0 fully saturated rings. The third-order valence-electron chi connectivity index (χ3n) is 6.68. The molecular weight excluding hydrogens is 518 g/mol. The van der Waals surface area contributed by atoms with Crippen LogP contribution >= 0.6 is 0 Å². The lowest BCUT2D eigenvalue weighted by Gasteiger charge is -2.35. The topological polar surface area (TPSA) is 108 Å². The van der Waals surface area contributed by atoms with Crippen LogP contribution in [-0.2, 0) is 20.7 Å². The SMILES string of the molecule is CCCCCNC(=O)C(c1ccc(C)cc1)N(CCCCC)C(=O)C(Cc1ccc(O)cc1)NC(=O)OC(C)(C)C. The Morgan fingerprint density at radius 2 is 1.51 bits per heavy atom. The highest BCUT2D eigenvalue weighted by Gasteiger charge is 2.36. The number of carbonyl (C=O) groups excluding carboxylic acids is 3. The largest absolute Gasteiger partial charge is 0.508 e. The molecule has 0 radical (unpaired) electrons. The summed E-state index contributed by atoms with van der Waals surface area (Å²) in [6.07, 6.45) is 4.92. The smallest absolute Gasteiger partial charge is 0.408 e. The van der Waals surface area contributed by atoms with Gasteiger partial charge in [0.15, 0.2) is 0 Å². The van der Waals surface area contributed by atoms with Crippen LogP contribution in [0.2, 0.25) is 0 Å².